The van der Waals surface area contributed by atoms with Crippen LogP contribution in [0.2, 0.25) is 0 Å². The third-order valence-corrected chi connectivity index (χ3v) is 6.42. The zero-order chi connectivity index (χ0) is 23.0. The number of hydrogen-bond donors (Lipinski definition) is 0. The molecule has 2 atom stereocenters. The van der Waals surface area contributed by atoms with Crippen molar-refractivity contribution in [1.29, 1.82) is 0 Å². The highest BCUT2D eigenvalue weighted by Crippen LogP contribution is 2.49. The van der Waals surface area contributed by atoms with E-state index in [0.717, 1.165) is 6.20 Å². The van der Waals surface area contributed by atoms with E-state index in [0.29, 0.717) is 43.7 Å². The van der Waals surface area contributed by atoms with E-state index in [1.54, 1.807) is 7.05 Å². The number of anilines is 1. The summed E-state index contributed by atoms with van der Waals surface area (Å²) in [6.07, 6.45) is 3.60. The molecule has 2 unspecified atom stereocenters. The van der Waals surface area contributed by atoms with Gasteiger partial charge in [-0.1, -0.05) is 0 Å². The van der Waals surface area contributed by atoms with Crippen molar-refractivity contribution in [3.8, 4) is 11.3 Å². The monoisotopic (exact) mass is 443 g/mol. The van der Waals surface area contributed by atoms with Crippen molar-refractivity contribution in [2.75, 3.05) is 32.1 Å². The zero-order valence-corrected chi connectivity index (χ0v) is 18.3. The summed E-state index contributed by atoms with van der Waals surface area (Å²) in [4.78, 5) is 48.3. The van der Waals surface area contributed by atoms with Crippen LogP contribution in [0.1, 0.15) is 19.3 Å². The molecule has 9 nitrogen and oxygen atoms in total. The summed E-state index contributed by atoms with van der Waals surface area (Å²) in [5.41, 5.74) is 0.219. The number of pyridine rings is 1. The lowest BCUT2D eigenvalue weighted by molar-refractivity contribution is -0.140. The fourth-order valence-electron chi connectivity index (χ4n) is 4.61. The summed E-state index contributed by atoms with van der Waals surface area (Å²) in [6, 6.07) is 2.97. The largest absolute Gasteiger partial charge is 0.469 e. The van der Waals surface area contributed by atoms with Gasteiger partial charge in [-0.25, -0.2) is 9.37 Å². The Bertz CT molecular complexity index is 1090. The number of carbonyl (C=O) groups excluding carboxylic acids is 2. The topological polar surface area (TPSA) is 97.6 Å². The Labute approximate surface area is 184 Å². The van der Waals surface area contributed by atoms with E-state index in [9.17, 15) is 18.8 Å². The fourth-order valence-corrected chi connectivity index (χ4v) is 4.61. The zero-order valence-electron chi connectivity index (χ0n) is 18.3. The van der Waals surface area contributed by atoms with Crippen LogP contribution in [0.5, 0.6) is 0 Å². The first-order valence-electron chi connectivity index (χ1n) is 10.6. The van der Waals surface area contributed by atoms with Crippen molar-refractivity contribution in [3.05, 3.63) is 40.7 Å². The Balaban J connectivity index is 1.42. The first kappa shape index (κ1) is 21.9. The quantitative estimate of drug-likeness (QED) is 0.594. The number of piperidine rings is 1. The molecule has 4 rings (SSSR count). The highest BCUT2D eigenvalue weighted by molar-refractivity contribution is 5.78. The summed E-state index contributed by atoms with van der Waals surface area (Å²) in [6.45, 7) is 1.28. The molecule has 1 aliphatic carbocycles. The number of carbonyl (C=O) groups is 2. The van der Waals surface area contributed by atoms with Crippen LogP contribution in [0.15, 0.2) is 29.3 Å². The Kier molecular flexibility index (Phi) is 5.94. The maximum Gasteiger partial charge on any atom is 0.305 e. The molecule has 2 fully saturated rings. The molecule has 0 bridgehead atoms. The smallest absolute Gasteiger partial charge is 0.305 e. The molecular weight excluding hydrogens is 417 g/mol. The number of fused-ring (bicyclic) bond motifs is 1. The second kappa shape index (κ2) is 8.68. The average molecular weight is 443 g/mol. The molecule has 0 radical (unpaired) electrons. The fraction of sp³-hybridized carbons (Fsp3) is 0.500. The normalized spacial score (nSPS) is 21.2. The minimum atomic E-state index is -0.536. The van der Waals surface area contributed by atoms with E-state index < -0.39 is 5.82 Å². The maximum atomic E-state index is 14.2. The van der Waals surface area contributed by atoms with Gasteiger partial charge in [0, 0.05) is 75.7 Å². The highest BCUT2D eigenvalue weighted by atomic mass is 19.1. The first-order chi connectivity index (χ1) is 15.3. The van der Waals surface area contributed by atoms with Crippen molar-refractivity contribution in [1.82, 2.24) is 19.4 Å². The SMILES string of the molecule is COC(=O)CCCC(=O)N1CC2C(C1)C2N(C)c1nc(-c2ccncc2F)cc(=O)n1C. The molecule has 0 aromatic carbocycles. The Hall–Kier alpha value is -3.30. The van der Waals surface area contributed by atoms with Gasteiger partial charge < -0.3 is 14.5 Å². The van der Waals surface area contributed by atoms with Crippen molar-refractivity contribution in [2.24, 2.45) is 18.9 Å². The van der Waals surface area contributed by atoms with Crippen LogP contribution < -0.4 is 10.5 Å². The van der Waals surface area contributed by atoms with E-state index in [1.165, 1.54) is 30.0 Å². The molecule has 2 aromatic heterocycles. The molecule has 1 saturated carbocycles. The minimum absolute atomic E-state index is 0.0446. The van der Waals surface area contributed by atoms with Gasteiger partial charge in [-0.3, -0.25) is 23.9 Å². The lowest BCUT2D eigenvalue weighted by atomic mass is 10.2. The predicted octanol–water partition coefficient (Wildman–Crippen LogP) is 1.22. The molecule has 2 aromatic rings. The van der Waals surface area contributed by atoms with Gasteiger partial charge in [0.2, 0.25) is 11.9 Å². The predicted molar refractivity (Wildman–Crippen MR) is 114 cm³/mol. The van der Waals surface area contributed by atoms with Gasteiger partial charge in [0.1, 0.15) is 0 Å². The number of hydrogen-bond acceptors (Lipinski definition) is 7. The van der Waals surface area contributed by atoms with E-state index in [1.807, 2.05) is 16.8 Å². The van der Waals surface area contributed by atoms with Crippen LogP contribution >= 0.6 is 0 Å². The number of ether oxygens (including phenoxy) is 1. The first-order valence-corrected chi connectivity index (χ1v) is 10.6. The van der Waals surface area contributed by atoms with Crippen LogP contribution in [0.4, 0.5) is 10.3 Å². The maximum absolute atomic E-state index is 14.2. The van der Waals surface area contributed by atoms with Gasteiger partial charge in [0.05, 0.1) is 19.0 Å². The summed E-state index contributed by atoms with van der Waals surface area (Å²) < 4.78 is 20.2. The molecule has 1 aliphatic heterocycles. The van der Waals surface area contributed by atoms with Crippen LogP contribution in [-0.2, 0) is 21.4 Å². The Morgan fingerprint density at radius 2 is 2.00 bits per heavy atom. The summed E-state index contributed by atoms with van der Waals surface area (Å²) >= 11 is 0. The number of rotatable bonds is 7. The third-order valence-electron chi connectivity index (χ3n) is 6.42. The van der Waals surface area contributed by atoms with Crippen LogP contribution in [0.3, 0.4) is 0 Å². The Morgan fingerprint density at radius 1 is 1.28 bits per heavy atom. The van der Waals surface area contributed by atoms with Gasteiger partial charge in [-0.05, 0) is 12.5 Å². The molecule has 3 heterocycles. The van der Waals surface area contributed by atoms with Crippen LogP contribution in [-0.4, -0.2) is 64.6 Å². The second-order valence-corrected chi connectivity index (χ2v) is 8.35. The van der Waals surface area contributed by atoms with Crippen molar-refractivity contribution in [2.45, 2.75) is 25.3 Å². The molecular formula is C22H26FN5O4. The molecule has 2 aliphatic rings. The number of aromatic nitrogens is 3. The second-order valence-electron chi connectivity index (χ2n) is 8.35. The van der Waals surface area contributed by atoms with Crippen LogP contribution in [0, 0.1) is 17.7 Å². The van der Waals surface area contributed by atoms with Gasteiger partial charge in [-0.2, -0.15) is 0 Å². The standard InChI is InChI=1S/C22H26FN5O4/c1-26-19(30)9-17(13-7-8-24-10-16(13)23)25-22(26)27(2)21-14-11-28(12-15(14)21)18(29)5-4-6-20(31)32-3/h7-10,14-15,21H,4-6,11-12H2,1-3H3. The molecule has 1 saturated heterocycles. The number of methoxy groups -OCH3 is 1. The lowest BCUT2D eigenvalue weighted by Crippen LogP contribution is -2.38. The summed E-state index contributed by atoms with van der Waals surface area (Å²) in [5, 5.41) is 0. The molecule has 1 amide bonds. The highest BCUT2D eigenvalue weighted by Gasteiger charge is 2.59. The van der Waals surface area contributed by atoms with E-state index in [2.05, 4.69) is 14.7 Å². The molecule has 170 valence electrons. The van der Waals surface area contributed by atoms with E-state index in [4.69, 9.17) is 0 Å². The van der Waals surface area contributed by atoms with Crippen molar-refractivity contribution < 1.29 is 18.7 Å². The number of halogens is 1. The number of nitrogens with zero attached hydrogens (tertiary/aromatic N) is 5. The van der Waals surface area contributed by atoms with Crippen LogP contribution in [0.25, 0.3) is 11.3 Å². The van der Waals surface area contributed by atoms with Gasteiger partial charge in [0.25, 0.3) is 5.56 Å². The average Bonchev–Trinajstić information content (AvgIpc) is 3.27. The van der Waals surface area contributed by atoms with Gasteiger partial charge in [0.15, 0.2) is 5.82 Å². The summed E-state index contributed by atoms with van der Waals surface area (Å²) in [5.74, 6) is 0.245. The molecule has 0 spiro atoms. The summed E-state index contributed by atoms with van der Waals surface area (Å²) in [7, 11) is 4.85. The van der Waals surface area contributed by atoms with E-state index in [-0.39, 0.29) is 41.2 Å². The van der Waals surface area contributed by atoms with Gasteiger partial charge >= 0.3 is 5.97 Å². The Morgan fingerprint density at radius 3 is 2.66 bits per heavy atom. The van der Waals surface area contributed by atoms with Crippen molar-refractivity contribution >= 4 is 17.8 Å². The van der Waals surface area contributed by atoms with E-state index >= 15 is 0 Å². The number of esters is 1. The number of likely N-dealkylation sites (tertiary alicyclic amines) is 1. The number of amides is 1. The minimum Gasteiger partial charge on any atom is -0.469 e. The molecule has 32 heavy (non-hydrogen) atoms. The van der Waals surface area contributed by atoms with Gasteiger partial charge in [-0.15, -0.1) is 0 Å². The third kappa shape index (κ3) is 4.09. The molecule has 10 heteroatoms. The molecule has 0 N–H and O–H groups in total. The van der Waals surface area contributed by atoms with Crippen molar-refractivity contribution in [3.63, 3.8) is 0 Å². The lowest BCUT2D eigenvalue weighted by Gasteiger charge is -2.26.